The molecule has 444 valence electrons. The van der Waals surface area contributed by atoms with E-state index in [0.29, 0.717) is 19.3 Å². The monoisotopic (exact) mass is 1070 g/mol. The second-order valence-corrected chi connectivity index (χ2v) is 22.0. The minimum absolute atomic E-state index is 0.0866. The number of carbonyl (C=O) groups is 3. The van der Waals surface area contributed by atoms with Crippen molar-refractivity contribution in [3.8, 4) is 0 Å². The van der Waals surface area contributed by atoms with Gasteiger partial charge in [0, 0.05) is 19.3 Å². The Balaban J connectivity index is 4.39. The predicted molar refractivity (Wildman–Crippen MR) is 334 cm³/mol. The minimum Gasteiger partial charge on any atom is -0.462 e. The Morgan fingerprint density at radius 3 is 0.805 bits per heavy atom. The van der Waals surface area contributed by atoms with E-state index in [4.69, 9.17) is 14.2 Å². The number of ether oxygens (including phenoxy) is 3. The third-order valence-electron chi connectivity index (χ3n) is 14.4. The molecule has 0 radical (unpaired) electrons. The molecule has 0 aromatic rings. The number of rotatable bonds is 60. The fraction of sp³-hybridized carbons (Fsp3) is 0.761. The van der Waals surface area contributed by atoms with Crippen LogP contribution in [-0.4, -0.2) is 37.2 Å². The van der Waals surface area contributed by atoms with E-state index >= 15 is 0 Å². The minimum atomic E-state index is -0.794. The number of hydrogen-bond donors (Lipinski definition) is 0. The van der Waals surface area contributed by atoms with Crippen molar-refractivity contribution in [2.24, 2.45) is 0 Å². The van der Waals surface area contributed by atoms with Gasteiger partial charge in [0.15, 0.2) is 6.10 Å². The van der Waals surface area contributed by atoms with Crippen LogP contribution in [0.2, 0.25) is 0 Å². The van der Waals surface area contributed by atoms with Gasteiger partial charge in [0.2, 0.25) is 0 Å². The lowest BCUT2D eigenvalue weighted by atomic mass is 10.0. The molecule has 0 aliphatic heterocycles. The zero-order valence-corrected chi connectivity index (χ0v) is 51.0. The van der Waals surface area contributed by atoms with Crippen molar-refractivity contribution in [2.45, 2.75) is 335 Å². The van der Waals surface area contributed by atoms with Gasteiger partial charge in [0.1, 0.15) is 13.2 Å². The SMILES string of the molecule is CC/C=C\C/C=C\C/C=C\C/C=C\C/C=C\CCCCCCCC(=O)OC(COC(=O)CCCCCCC/C=C\C/C=C\CCCCCC)COC(=O)CCCCCCCCCCCCCCCCCCCCCCCC. The van der Waals surface area contributed by atoms with Crippen LogP contribution in [0.25, 0.3) is 0 Å². The lowest BCUT2D eigenvalue weighted by Gasteiger charge is -2.18. The summed E-state index contributed by atoms with van der Waals surface area (Å²) in [7, 11) is 0. The Labute approximate surface area is 477 Å². The molecule has 0 aromatic carbocycles. The Morgan fingerprint density at radius 2 is 0.506 bits per heavy atom. The van der Waals surface area contributed by atoms with Crippen molar-refractivity contribution in [1.29, 1.82) is 0 Å². The highest BCUT2D eigenvalue weighted by Crippen LogP contribution is 2.17. The highest BCUT2D eigenvalue weighted by atomic mass is 16.6. The van der Waals surface area contributed by atoms with Gasteiger partial charge in [0.25, 0.3) is 0 Å². The molecule has 0 fully saturated rings. The second-order valence-electron chi connectivity index (χ2n) is 22.0. The van der Waals surface area contributed by atoms with Gasteiger partial charge in [-0.2, -0.15) is 0 Å². The first kappa shape index (κ1) is 73.6. The smallest absolute Gasteiger partial charge is 0.306 e. The molecular formula is C71H124O6. The van der Waals surface area contributed by atoms with Gasteiger partial charge in [-0.05, 0) is 96.3 Å². The van der Waals surface area contributed by atoms with Crippen LogP contribution >= 0.6 is 0 Å². The van der Waals surface area contributed by atoms with Crippen LogP contribution in [0, 0.1) is 0 Å². The van der Waals surface area contributed by atoms with Crippen LogP contribution in [0.5, 0.6) is 0 Å². The van der Waals surface area contributed by atoms with E-state index in [1.807, 2.05) is 0 Å². The highest BCUT2D eigenvalue weighted by molar-refractivity contribution is 5.71. The zero-order valence-electron chi connectivity index (χ0n) is 51.0. The van der Waals surface area contributed by atoms with Crippen LogP contribution in [0.3, 0.4) is 0 Å². The van der Waals surface area contributed by atoms with Crippen molar-refractivity contribution < 1.29 is 28.6 Å². The quantitative estimate of drug-likeness (QED) is 0.0261. The van der Waals surface area contributed by atoms with Crippen LogP contribution in [0.4, 0.5) is 0 Å². The lowest BCUT2D eigenvalue weighted by molar-refractivity contribution is -0.167. The standard InChI is InChI=1S/C71H124O6/c1-4-7-10-13-16-19-22-25-28-31-33-35-37-38-40-43-46-49-52-55-58-61-64-70(73)76-67-68(66-75-69(72)63-60-57-54-51-48-45-42-30-27-24-21-18-15-12-9-6-3)77-71(74)65-62-59-56-53-50-47-44-41-39-36-34-32-29-26-23-20-17-14-11-8-5-2/h8,11,17,20-21,24,26,29-30,34,36,41-42,44,68H,4-7,9-10,12-16,18-19,22-23,25,27-28,31-33,35,37-40,43,45-67H2,1-3H3/b11-8-,20-17-,24-21-,29-26-,36-34-,42-30-,44-41-. The van der Waals surface area contributed by atoms with Crippen LogP contribution < -0.4 is 0 Å². The van der Waals surface area contributed by atoms with Crippen molar-refractivity contribution >= 4 is 17.9 Å². The summed E-state index contributed by atoms with van der Waals surface area (Å²) in [5, 5.41) is 0. The van der Waals surface area contributed by atoms with Crippen molar-refractivity contribution in [3.63, 3.8) is 0 Å². The summed E-state index contributed by atoms with van der Waals surface area (Å²) < 4.78 is 16.9. The number of esters is 3. The lowest BCUT2D eigenvalue weighted by Crippen LogP contribution is -2.30. The van der Waals surface area contributed by atoms with E-state index in [1.54, 1.807) is 0 Å². The van der Waals surface area contributed by atoms with E-state index in [1.165, 1.54) is 161 Å². The number of hydrogen-bond acceptors (Lipinski definition) is 6. The maximum atomic E-state index is 12.9. The zero-order chi connectivity index (χ0) is 55.7. The maximum Gasteiger partial charge on any atom is 0.306 e. The molecule has 0 aliphatic rings. The fourth-order valence-corrected chi connectivity index (χ4v) is 9.44. The van der Waals surface area contributed by atoms with Gasteiger partial charge in [-0.3, -0.25) is 14.4 Å². The number of allylic oxidation sites excluding steroid dienone is 14. The molecule has 0 saturated heterocycles. The second kappa shape index (κ2) is 65.1. The molecule has 0 bridgehead atoms. The number of carbonyl (C=O) groups excluding carboxylic acids is 3. The molecule has 0 N–H and O–H groups in total. The summed E-state index contributed by atoms with van der Waals surface area (Å²) >= 11 is 0. The van der Waals surface area contributed by atoms with Gasteiger partial charge in [0.05, 0.1) is 0 Å². The average Bonchev–Trinajstić information content (AvgIpc) is 3.43. The van der Waals surface area contributed by atoms with Gasteiger partial charge >= 0.3 is 17.9 Å². The molecule has 1 unspecified atom stereocenters. The van der Waals surface area contributed by atoms with Crippen molar-refractivity contribution in [2.75, 3.05) is 13.2 Å². The van der Waals surface area contributed by atoms with E-state index in [9.17, 15) is 14.4 Å². The van der Waals surface area contributed by atoms with Crippen molar-refractivity contribution in [1.82, 2.24) is 0 Å². The molecule has 0 heterocycles. The van der Waals surface area contributed by atoms with Crippen molar-refractivity contribution in [3.05, 3.63) is 85.1 Å². The van der Waals surface area contributed by atoms with Gasteiger partial charge < -0.3 is 14.2 Å². The molecule has 0 aromatic heterocycles. The van der Waals surface area contributed by atoms with Gasteiger partial charge in [-0.1, -0.05) is 298 Å². The maximum absolute atomic E-state index is 12.9. The predicted octanol–water partition coefficient (Wildman–Crippen LogP) is 22.7. The van der Waals surface area contributed by atoms with E-state index < -0.39 is 6.10 Å². The van der Waals surface area contributed by atoms with Gasteiger partial charge in [-0.15, -0.1) is 0 Å². The molecule has 0 aliphatic carbocycles. The molecular weight excluding hydrogens is 949 g/mol. The van der Waals surface area contributed by atoms with Crippen LogP contribution in [0.15, 0.2) is 85.1 Å². The highest BCUT2D eigenvalue weighted by Gasteiger charge is 2.19. The largest absolute Gasteiger partial charge is 0.462 e. The topological polar surface area (TPSA) is 78.9 Å². The molecule has 0 spiro atoms. The van der Waals surface area contributed by atoms with Crippen LogP contribution in [-0.2, 0) is 28.6 Å². The first-order valence-electron chi connectivity index (χ1n) is 33.1. The summed E-state index contributed by atoms with van der Waals surface area (Å²) in [6.45, 7) is 6.53. The molecule has 77 heavy (non-hydrogen) atoms. The summed E-state index contributed by atoms with van der Waals surface area (Å²) in [4.78, 5) is 38.4. The Morgan fingerprint density at radius 1 is 0.273 bits per heavy atom. The fourth-order valence-electron chi connectivity index (χ4n) is 9.44. The molecule has 0 rings (SSSR count). The van der Waals surface area contributed by atoms with Crippen LogP contribution in [0.1, 0.15) is 329 Å². The summed E-state index contributed by atoms with van der Waals surface area (Å²) in [5.74, 6) is -0.904. The summed E-state index contributed by atoms with van der Waals surface area (Å²) in [6.07, 6.45) is 85.9. The molecule has 6 nitrogen and oxygen atoms in total. The first-order valence-corrected chi connectivity index (χ1v) is 33.1. The molecule has 1 atom stereocenters. The molecule has 0 amide bonds. The Hall–Kier alpha value is -3.41. The van der Waals surface area contributed by atoms with E-state index in [0.717, 1.165) is 128 Å². The summed E-state index contributed by atoms with van der Waals surface area (Å²) in [5.41, 5.74) is 0. The first-order chi connectivity index (χ1) is 38.0. The Kier molecular flexibility index (Phi) is 62.2. The van der Waals surface area contributed by atoms with E-state index in [-0.39, 0.29) is 31.1 Å². The van der Waals surface area contributed by atoms with Gasteiger partial charge in [-0.25, -0.2) is 0 Å². The molecule has 0 saturated carbocycles. The normalized spacial score (nSPS) is 12.6. The third-order valence-corrected chi connectivity index (χ3v) is 14.4. The van der Waals surface area contributed by atoms with E-state index in [2.05, 4.69) is 106 Å². The third kappa shape index (κ3) is 63.3. The Bertz CT molecular complexity index is 1470. The number of unbranched alkanes of at least 4 members (excludes halogenated alkanes) is 35. The molecule has 6 heteroatoms. The summed E-state index contributed by atoms with van der Waals surface area (Å²) in [6, 6.07) is 0. The average molecular weight is 1070 g/mol.